The predicted molar refractivity (Wildman–Crippen MR) is 271 cm³/mol. The number of nitrogens with one attached hydrogen (secondary N) is 1. The van der Waals surface area contributed by atoms with Crippen molar-refractivity contribution < 1.29 is 0 Å². The first kappa shape index (κ1) is 39.1. The van der Waals surface area contributed by atoms with E-state index in [0.717, 1.165) is 50.6 Å². The second-order valence-corrected chi connectivity index (χ2v) is 18.2. The molecule has 2 heteroatoms. The Morgan fingerprint density at radius 2 is 1.02 bits per heavy atom. The van der Waals surface area contributed by atoms with E-state index < -0.39 is 0 Å². The van der Waals surface area contributed by atoms with Crippen LogP contribution in [0.1, 0.15) is 52.3 Å². The maximum absolute atomic E-state index is 4.82. The van der Waals surface area contributed by atoms with Crippen LogP contribution in [0.4, 0.5) is 0 Å². The number of aromatic nitrogens is 1. The molecule has 0 fully saturated rings. The van der Waals surface area contributed by atoms with E-state index in [1.807, 2.05) is 12.3 Å². The third-order valence-corrected chi connectivity index (χ3v) is 14.4. The number of benzene rings is 7. The van der Waals surface area contributed by atoms with Crippen LogP contribution in [0.5, 0.6) is 0 Å². The molecule has 12 rings (SSSR count). The van der Waals surface area contributed by atoms with Crippen molar-refractivity contribution in [2.75, 3.05) is 0 Å². The van der Waals surface area contributed by atoms with Gasteiger partial charge in [0.1, 0.15) is 0 Å². The van der Waals surface area contributed by atoms with Crippen molar-refractivity contribution in [3.05, 3.63) is 246 Å². The van der Waals surface area contributed by atoms with Gasteiger partial charge in [0.2, 0.25) is 0 Å². The lowest BCUT2D eigenvalue weighted by atomic mass is 9.81. The number of hydrogen-bond donors (Lipinski definition) is 1. The van der Waals surface area contributed by atoms with Crippen molar-refractivity contribution >= 4 is 0 Å². The molecular weight excluding hydrogens is 785 g/mol. The number of nitrogens with zero attached hydrogens (tertiary/aromatic N) is 1. The van der Waals surface area contributed by atoms with Crippen molar-refractivity contribution in [2.24, 2.45) is 0 Å². The third-order valence-electron chi connectivity index (χ3n) is 14.4. The fraction of sp³-hybridized carbons (Fsp3) is 0.127. The number of allylic oxidation sites excluding steroid dienone is 5. The lowest BCUT2D eigenvalue weighted by Crippen LogP contribution is -2.25. The Bertz CT molecular complexity index is 3300. The molecule has 65 heavy (non-hydrogen) atoms. The zero-order valence-corrected chi connectivity index (χ0v) is 36.7. The highest BCUT2D eigenvalue weighted by atomic mass is 14.9. The van der Waals surface area contributed by atoms with Gasteiger partial charge in [0, 0.05) is 11.8 Å². The van der Waals surface area contributed by atoms with Crippen LogP contribution >= 0.6 is 0 Å². The topological polar surface area (TPSA) is 24.9 Å². The SMILES string of the molecule is C=C/C=C1/CCc2cc(-c3ccccc3-c3cc(-c4ccccc4-c4ccc5c(c4)CCc4cccnc4-5)cc(-c4ccccc4-c4ccc5c(c4)CCC4=CC=CNC45)c3)ccc2C1. The molecular formula is C63H50N2. The Morgan fingerprint density at radius 3 is 1.68 bits per heavy atom. The Hall–Kier alpha value is -7.55. The molecule has 0 saturated carbocycles. The highest BCUT2D eigenvalue weighted by molar-refractivity contribution is 5.94. The first-order valence-electron chi connectivity index (χ1n) is 23.3. The van der Waals surface area contributed by atoms with Gasteiger partial charge < -0.3 is 5.32 Å². The van der Waals surface area contributed by atoms with Crippen LogP contribution < -0.4 is 5.32 Å². The first-order valence-corrected chi connectivity index (χ1v) is 23.3. The van der Waals surface area contributed by atoms with E-state index in [2.05, 4.69) is 194 Å². The van der Waals surface area contributed by atoms with E-state index in [1.54, 1.807) is 0 Å². The number of hydrogen-bond acceptors (Lipinski definition) is 2. The zero-order valence-electron chi connectivity index (χ0n) is 36.7. The van der Waals surface area contributed by atoms with E-state index in [4.69, 9.17) is 4.98 Å². The van der Waals surface area contributed by atoms with Crippen molar-refractivity contribution in [1.29, 1.82) is 0 Å². The molecule has 3 aliphatic carbocycles. The molecule has 0 radical (unpaired) electrons. The summed E-state index contributed by atoms with van der Waals surface area (Å²) < 4.78 is 0. The molecule has 7 aromatic carbocycles. The predicted octanol–water partition coefficient (Wildman–Crippen LogP) is 15.5. The van der Waals surface area contributed by atoms with Gasteiger partial charge in [-0.3, -0.25) is 4.98 Å². The van der Waals surface area contributed by atoms with Gasteiger partial charge in [-0.25, -0.2) is 0 Å². The van der Waals surface area contributed by atoms with Gasteiger partial charge in [0.25, 0.3) is 0 Å². The molecule has 0 saturated heterocycles. The third kappa shape index (κ3) is 7.20. The largest absolute Gasteiger partial charge is 0.380 e. The average Bonchev–Trinajstić information content (AvgIpc) is 3.38. The summed E-state index contributed by atoms with van der Waals surface area (Å²) in [6.45, 7) is 3.96. The van der Waals surface area contributed by atoms with Crippen molar-refractivity contribution in [1.82, 2.24) is 10.3 Å². The number of rotatable bonds is 7. The van der Waals surface area contributed by atoms with Gasteiger partial charge in [-0.1, -0.05) is 164 Å². The van der Waals surface area contributed by atoms with E-state index >= 15 is 0 Å². The quantitative estimate of drug-likeness (QED) is 0.173. The summed E-state index contributed by atoms with van der Waals surface area (Å²) in [4.78, 5) is 4.82. The lowest BCUT2D eigenvalue weighted by molar-refractivity contribution is 0.628. The minimum absolute atomic E-state index is 0.261. The second-order valence-electron chi connectivity index (χ2n) is 18.2. The van der Waals surface area contributed by atoms with Crippen LogP contribution in [0.3, 0.4) is 0 Å². The molecule has 4 aliphatic rings. The molecule has 2 heterocycles. The fourth-order valence-electron chi connectivity index (χ4n) is 11.1. The number of fused-ring (bicyclic) bond motifs is 7. The van der Waals surface area contributed by atoms with Crippen LogP contribution in [0.15, 0.2) is 212 Å². The van der Waals surface area contributed by atoms with Crippen molar-refractivity contribution in [2.45, 2.75) is 51.0 Å². The van der Waals surface area contributed by atoms with Crippen LogP contribution in [0.25, 0.3) is 78.0 Å². The molecule has 0 spiro atoms. The minimum atomic E-state index is 0.261. The molecule has 1 atom stereocenters. The van der Waals surface area contributed by atoms with Crippen molar-refractivity contribution in [3.8, 4) is 78.0 Å². The average molecular weight is 835 g/mol. The first-order chi connectivity index (χ1) is 32.1. The van der Waals surface area contributed by atoms with Crippen molar-refractivity contribution in [3.63, 3.8) is 0 Å². The Labute approximate surface area is 383 Å². The molecule has 1 unspecified atom stereocenters. The molecule has 1 aromatic heterocycles. The van der Waals surface area contributed by atoms with Gasteiger partial charge >= 0.3 is 0 Å². The van der Waals surface area contributed by atoms with Gasteiger partial charge in [-0.2, -0.15) is 0 Å². The molecule has 1 N–H and O–H groups in total. The molecule has 8 aromatic rings. The second kappa shape index (κ2) is 16.5. The number of aryl methyl sites for hydroxylation is 4. The van der Waals surface area contributed by atoms with E-state index in [9.17, 15) is 0 Å². The lowest BCUT2D eigenvalue weighted by Gasteiger charge is -2.31. The Morgan fingerprint density at radius 1 is 0.462 bits per heavy atom. The molecule has 2 nitrogen and oxygen atoms in total. The molecule has 1 aliphatic heterocycles. The van der Waals surface area contributed by atoms with E-state index in [0.29, 0.717) is 0 Å². The number of dihydropyridines is 1. The maximum atomic E-state index is 4.82. The highest BCUT2D eigenvalue weighted by Crippen LogP contribution is 2.45. The maximum Gasteiger partial charge on any atom is 0.0736 e. The van der Waals surface area contributed by atoms with Gasteiger partial charge in [0.05, 0.1) is 11.7 Å². The highest BCUT2D eigenvalue weighted by Gasteiger charge is 2.26. The molecule has 0 bridgehead atoms. The van der Waals surface area contributed by atoms with Gasteiger partial charge in [-0.05, 0) is 187 Å². The van der Waals surface area contributed by atoms with Gasteiger partial charge in [-0.15, -0.1) is 0 Å². The standard InChI is InChI=1S/C63H50N2/c1-2-11-41-20-21-45-35-46(27-24-44(45)34-41)54-14-3-6-17-57(54)51-38-52(58-18-7-4-15-55(58)47-28-30-60-49(36-47)25-22-42-12-9-32-64-62(42)60)40-53(39-51)59-19-8-5-16-56(59)48-29-31-61-50(37-48)26-23-43-13-10-33-65-63(43)61/h2-19,24,27-33,35-40,62,64H,1,20-23,25-26,34H2/b41-11-. The van der Waals surface area contributed by atoms with Crippen LogP contribution in [0.2, 0.25) is 0 Å². The minimum Gasteiger partial charge on any atom is -0.380 e. The molecule has 0 amide bonds. The summed E-state index contributed by atoms with van der Waals surface area (Å²) in [7, 11) is 0. The monoisotopic (exact) mass is 834 g/mol. The van der Waals surface area contributed by atoms with Crippen LogP contribution in [-0.2, 0) is 32.1 Å². The Balaban J connectivity index is 1.01. The van der Waals surface area contributed by atoms with Gasteiger partial charge in [0.15, 0.2) is 0 Å². The summed E-state index contributed by atoms with van der Waals surface area (Å²) in [6, 6.07) is 60.2. The fourth-order valence-corrected chi connectivity index (χ4v) is 11.1. The van der Waals surface area contributed by atoms with E-state index in [1.165, 1.54) is 117 Å². The zero-order chi connectivity index (χ0) is 43.3. The summed E-state index contributed by atoms with van der Waals surface area (Å²) in [5.41, 5.74) is 28.5. The van der Waals surface area contributed by atoms with Crippen LogP contribution in [0, 0.1) is 0 Å². The van der Waals surface area contributed by atoms with E-state index in [-0.39, 0.29) is 6.04 Å². The summed E-state index contributed by atoms with van der Waals surface area (Å²) in [5.74, 6) is 0. The number of pyridine rings is 1. The molecule has 312 valence electrons. The summed E-state index contributed by atoms with van der Waals surface area (Å²) in [6.07, 6.45) is 19.9. The van der Waals surface area contributed by atoms with Crippen LogP contribution in [-0.4, -0.2) is 4.98 Å². The Kier molecular flexibility index (Phi) is 9.94. The summed E-state index contributed by atoms with van der Waals surface area (Å²) >= 11 is 0. The normalized spacial score (nSPS) is 16.3. The smallest absolute Gasteiger partial charge is 0.0736 e. The summed E-state index contributed by atoms with van der Waals surface area (Å²) in [5, 5.41) is 3.63.